The Morgan fingerprint density at radius 1 is 1.21 bits per heavy atom. The number of nitrogens with one attached hydrogen (secondary N) is 1. The molecule has 3 N–H and O–H groups in total. The molecule has 0 aliphatic heterocycles. The summed E-state index contributed by atoms with van der Waals surface area (Å²) in [7, 11) is 0. The third-order valence-electron chi connectivity index (χ3n) is 2.83. The van der Waals surface area contributed by atoms with Crippen LogP contribution in [0.25, 0.3) is 11.1 Å². The molecule has 0 saturated heterocycles. The van der Waals surface area contributed by atoms with Gasteiger partial charge in [0, 0.05) is 17.3 Å². The summed E-state index contributed by atoms with van der Waals surface area (Å²) in [5.74, 6) is 0. The third kappa shape index (κ3) is 3.63. The van der Waals surface area contributed by atoms with E-state index in [0.717, 1.165) is 11.9 Å². The van der Waals surface area contributed by atoms with Gasteiger partial charge in [0.1, 0.15) is 5.52 Å². The van der Waals surface area contributed by atoms with E-state index in [1.807, 2.05) is 12.1 Å². The normalized spacial score (nSPS) is 12.9. The Morgan fingerprint density at radius 3 is 2.53 bits per heavy atom. The highest BCUT2D eigenvalue weighted by Gasteiger charge is 2.26. The number of oxazole rings is 1. The molecule has 0 unspecified atom stereocenters. The molecule has 1 heterocycles. The summed E-state index contributed by atoms with van der Waals surface area (Å²) in [5.41, 5.74) is 8.12. The molecule has 1 aromatic carbocycles. The number of hydrogen-bond donors (Lipinski definition) is 2. The molecule has 4 nitrogen and oxygen atoms in total. The van der Waals surface area contributed by atoms with Crippen LogP contribution in [-0.2, 0) is 0 Å². The lowest BCUT2D eigenvalue weighted by Crippen LogP contribution is -2.35. The first-order valence-corrected chi connectivity index (χ1v) is 6.59. The van der Waals surface area contributed by atoms with Gasteiger partial charge in [-0.3, -0.25) is 0 Å². The van der Waals surface area contributed by atoms with Crippen molar-refractivity contribution in [3.63, 3.8) is 0 Å². The highest BCUT2D eigenvalue weighted by Crippen LogP contribution is 2.30. The first-order chi connectivity index (χ1) is 8.65. The fraction of sp³-hybridized carbons (Fsp3) is 0.533. The zero-order valence-corrected chi connectivity index (χ0v) is 12.4. The number of nitrogens with zero attached hydrogens (tertiary/aromatic N) is 1. The van der Waals surface area contributed by atoms with Crippen LogP contribution in [0.1, 0.15) is 41.0 Å². The molecule has 0 amide bonds. The van der Waals surface area contributed by atoms with Gasteiger partial charge in [-0.15, -0.1) is 0 Å². The molecule has 19 heavy (non-hydrogen) atoms. The average Bonchev–Trinajstić information content (AvgIpc) is 2.53. The molecule has 1 aromatic heterocycles. The fourth-order valence-corrected chi connectivity index (χ4v) is 2.65. The second-order valence-corrected chi connectivity index (χ2v) is 6.99. The minimum absolute atomic E-state index is 0.0787. The number of fused-ring (bicyclic) bond motifs is 1. The number of hydrogen-bond acceptors (Lipinski definition) is 4. The van der Waals surface area contributed by atoms with Gasteiger partial charge in [-0.25, -0.2) is 0 Å². The van der Waals surface area contributed by atoms with Gasteiger partial charge in [0.05, 0.1) is 0 Å². The number of rotatable bonds is 3. The van der Waals surface area contributed by atoms with Crippen molar-refractivity contribution in [1.82, 2.24) is 4.98 Å². The molecular weight excluding hydrogens is 238 g/mol. The zero-order chi connectivity index (χ0) is 14.3. The summed E-state index contributed by atoms with van der Waals surface area (Å²) >= 11 is 0. The van der Waals surface area contributed by atoms with Crippen molar-refractivity contribution in [2.75, 3.05) is 11.1 Å². The smallest absolute Gasteiger partial charge is 0.296 e. The second kappa shape index (κ2) is 4.44. The molecule has 0 radical (unpaired) electrons. The fourth-order valence-electron chi connectivity index (χ4n) is 2.65. The zero-order valence-electron chi connectivity index (χ0n) is 12.4. The monoisotopic (exact) mass is 261 g/mol. The van der Waals surface area contributed by atoms with E-state index in [1.165, 1.54) is 0 Å². The maximum absolute atomic E-state index is 5.74. The van der Waals surface area contributed by atoms with Gasteiger partial charge in [-0.2, -0.15) is 4.98 Å². The van der Waals surface area contributed by atoms with Crippen LogP contribution in [0.5, 0.6) is 0 Å². The summed E-state index contributed by atoms with van der Waals surface area (Å²) in [4.78, 5) is 4.44. The van der Waals surface area contributed by atoms with Gasteiger partial charge >= 0.3 is 0 Å². The maximum atomic E-state index is 5.74. The third-order valence-corrected chi connectivity index (χ3v) is 2.83. The first-order valence-electron chi connectivity index (χ1n) is 6.59. The van der Waals surface area contributed by atoms with Crippen molar-refractivity contribution in [2.24, 2.45) is 5.41 Å². The van der Waals surface area contributed by atoms with Gasteiger partial charge in [0.2, 0.25) is 0 Å². The summed E-state index contributed by atoms with van der Waals surface area (Å²) in [5, 5.41) is 3.37. The Kier molecular flexibility index (Phi) is 3.20. The van der Waals surface area contributed by atoms with Gasteiger partial charge in [-0.05, 0) is 37.8 Å². The van der Waals surface area contributed by atoms with E-state index < -0.39 is 0 Å². The predicted molar refractivity (Wildman–Crippen MR) is 80.2 cm³/mol. The van der Waals surface area contributed by atoms with Crippen molar-refractivity contribution in [1.29, 1.82) is 0 Å². The van der Waals surface area contributed by atoms with Gasteiger partial charge in [-0.1, -0.05) is 20.8 Å². The van der Waals surface area contributed by atoms with Gasteiger partial charge < -0.3 is 15.5 Å². The molecule has 0 saturated carbocycles. The van der Waals surface area contributed by atoms with E-state index in [9.17, 15) is 0 Å². The number of nitrogen functional groups attached to an aromatic ring is 1. The molecular formula is C15H23N3O. The molecule has 0 atom stereocenters. The van der Waals surface area contributed by atoms with Crippen molar-refractivity contribution >= 4 is 22.8 Å². The lowest BCUT2D eigenvalue weighted by molar-refractivity contribution is 0.298. The van der Waals surface area contributed by atoms with Crippen LogP contribution >= 0.6 is 0 Å². The lowest BCUT2D eigenvalue weighted by atomic mass is 9.82. The van der Waals surface area contributed by atoms with E-state index in [4.69, 9.17) is 10.2 Å². The number of benzene rings is 1. The van der Waals surface area contributed by atoms with Crippen molar-refractivity contribution in [2.45, 2.75) is 46.6 Å². The Hall–Kier alpha value is -1.71. The topological polar surface area (TPSA) is 64.1 Å². The highest BCUT2D eigenvalue weighted by atomic mass is 16.4. The SMILES string of the molecule is CC(C)(C)CC(C)(C)Nc1nc2ccc(N)cc2o1. The summed E-state index contributed by atoms with van der Waals surface area (Å²) < 4.78 is 5.70. The van der Waals surface area contributed by atoms with Crippen molar-refractivity contribution in [3.8, 4) is 0 Å². The minimum atomic E-state index is -0.0787. The first kappa shape index (κ1) is 13.7. The van der Waals surface area contributed by atoms with Crippen molar-refractivity contribution in [3.05, 3.63) is 18.2 Å². The molecule has 0 aliphatic rings. The van der Waals surface area contributed by atoms with E-state index in [0.29, 0.717) is 17.3 Å². The molecule has 2 aromatic rings. The molecule has 2 rings (SSSR count). The Labute approximate surface area is 114 Å². The molecule has 4 heteroatoms. The van der Waals surface area contributed by atoms with Gasteiger partial charge in [0.15, 0.2) is 5.58 Å². The highest BCUT2D eigenvalue weighted by molar-refractivity contribution is 5.78. The molecule has 0 spiro atoms. The molecule has 0 bridgehead atoms. The molecule has 104 valence electrons. The number of anilines is 2. The molecule has 0 fully saturated rings. The van der Waals surface area contributed by atoms with Crippen LogP contribution in [0.4, 0.5) is 11.7 Å². The average molecular weight is 261 g/mol. The maximum Gasteiger partial charge on any atom is 0.296 e. The summed E-state index contributed by atoms with van der Waals surface area (Å²) in [6, 6.07) is 6.05. The van der Waals surface area contributed by atoms with E-state index in [2.05, 4.69) is 44.9 Å². The number of nitrogens with two attached hydrogens (primary N) is 1. The van der Waals surface area contributed by atoms with E-state index in [1.54, 1.807) is 6.07 Å². The van der Waals surface area contributed by atoms with Crippen LogP contribution in [0.2, 0.25) is 0 Å². The van der Waals surface area contributed by atoms with Crippen LogP contribution in [-0.4, -0.2) is 10.5 Å². The van der Waals surface area contributed by atoms with Gasteiger partial charge in [0.25, 0.3) is 6.01 Å². The Morgan fingerprint density at radius 2 is 1.89 bits per heavy atom. The Balaban J connectivity index is 2.21. The predicted octanol–water partition coefficient (Wildman–Crippen LogP) is 4.04. The summed E-state index contributed by atoms with van der Waals surface area (Å²) in [6.07, 6.45) is 1.01. The largest absolute Gasteiger partial charge is 0.423 e. The summed E-state index contributed by atoms with van der Waals surface area (Å²) in [6.45, 7) is 11.0. The minimum Gasteiger partial charge on any atom is -0.423 e. The van der Waals surface area contributed by atoms with Crippen LogP contribution in [0.15, 0.2) is 22.6 Å². The Bertz CT molecular complexity index is 579. The van der Waals surface area contributed by atoms with Crippen LogP contribution in [0, 0.1) is 5.41 Å². The van der Waals surface area contributed by atoms with Crippen molar-refractivity contribution < 1.29 is 4.42 Å². The van der Waals surface area contributed by atoms with E-state index >= 15 is 0 Å². The van der Waals surface area contributed by atoms with Crippen LogP contribution < -0.4 is 11.1 Å². The standard InChI is InChI=1S/C15H23N3O/c1-14(2,3)9-15(4,5)18-13-17-11-7-6-10(16)8-12(11)19-13/h6-8H,9,16H2,1-5H3,(H,17,18). The van der Waals surface area contributed by atoms with E-state index in [-0.39, 0.29) is 11.0 Å². The number of aromatic nitrogens is 1. The quantitative estimate of drug-likeness (QED) is 0.818. The second-order valence-electron chi connectivity index (χ2n) is 6.99. The van der Waals surface area contributed by atoms with Crippen LogP contribution in [0.3, 0.4) is 0 Å². The molecule has 0 aliphatic carbocycles. The lowest BCUT2D eigenvalue weighted by Gasteiger charge is -2.32.